The van der Waals surface area contributed by atoms with E-state index in [1.165, 1.54) is 71.7 Å². The van der Waals surface area contributed by atoms with Crippen LogP contribution in [0.1, 0.15) is 86.9 Å². The molecule has 49 heavy (non-hydrogen) atoms. The van der Waals surface area contributed by atoms with Crippen LogP contribution in [0, 0.1) is 0 Å². The SMILES string of the molecule is COc1ccc(C2=C(c3c(C(C)(C)C)c(=C(c4ccccc4)c4ccccc4)cc4c3=Cc3cc(C(C)(C)C)ccc3-4)CC=C2)c(OC)c1. The second kappa shape index (κ2) is 12.4. The molecule has 7 rings (SSSR count). The monoisotopic (exact) mass is 642 g/mol. The summed E-state index contributed by atoms with van der Waals surface area (Å²) in [6, 6.07) is 37.5. The summed E-state index contributed by atoms with van der Waals surface area (Å²) in [6.45, 7) is 14.0. The predicted molar refractivity (Wildman–Crippen MR) is 207 cm³/mol. The normalized spacial score (nSPS) is 13.6. The molecule has 2 aliphatic rings. The molecule has 2 heteroatoms. The summed E-state index contributed by atoms with van der Waals surface area (Å²) >= 11 is 0. The van der Waals surface area contributed by atoms with E-state index in [2.05, 4.69) is 151 Å². The molecule has 246 valence electrons. The van der Waals surface area contributed by atoms with Crippen LogP contribution in [0.25, 0.3) is 33.9 Å². The Hall–Kier alpha value is -5.08. The molecular formula is C47H46O2. The number of fused-ring (bicyclic) bond motifs is 3. The van der Waals surface area contributed by atoms with Gasteiger partial charge in [-0.05, 0) is 113 Å². The molecule has 0 saturated carbocycles. The first-order valence-electron chi connectivity index (χ1n) is 17.3. The predicted octanol–water partition coefficient (Wildman–Crippen LogP) is 10.2. The van der Waals surface area contributed by atoms with Crippen molar-refractivity contribution < 1.29 is 9.47 Å². The first kappa shape index (κ1) is 32.5. The minimum atomic E-state index is -0.182. The number of methoxy groups -OCH3 is 2. The second-order valence-electron chi connectivity index (χ2n) is 15.3. The van der Waals surface area contributed by atoms with Crippen LogP contribution in [0.15, 0.2) is 115 Å². The smallest absolute Gasteiger partial charge is 0.130 e. The van der Waals surface area contributed by atoms with Crippen molar-refractivity contribution in [2.45, 2.75) is 58.8 Å². The van der Waals surface area contributed by atoms with Crippen molar-refractivity contribution in [3.8, 4) is 22.6 Å². The Morgan fingerprint density at radius 2 is 1.29 bits per heavy atom. The van der Waals surface area contributed by atoms with Crippen LogP contribution in [-0.4, -0.2) is 14.2 Å². The fraction of sp³-hybridized carbons (Fsp3) is 0.234. The molecule has 0 N–H and O–H groups in total. The lowest BCUT2D eigenvalue weighted by Gasteiger charge is -2.28. The highest BCUT2D eigenvalue weighted by atomic mass is 16.5. The van der Waals surface area contributed by atoms with Crippen LogP contribution in [-0.2, 0) is 10.8 Å². The van der Waals surface area contributed by atoms with Crippen LogP contribution in [0.4, 0.5) is 0 Å². The standard InChI is InChI=1S/C47H46O2/c1-46(2,3)33-22-24-35-32(26-33)27-40-39(35)29-41(43(30-16-11-9-12-17-30)31-18-13-10-14-19-31)45(47(4,5)6)44(40)38-21-15-20-36(38)37-25-23-34(48-7)28-42(37)49-8/h9-20,22-29H,21H2,1-8H3. The van der Waals surface area contributed by atoms with Crippen molar-refractivity contribution in [2.24, 2.45) is 0 Å². The van der Waals surface area contributed by atoms with E-state index >= 15 is 0 Å². The Balaban J connectivity index is 1.69. The number of hydrogen-bond donors (Lipinski definition) is 0. The van der Waals surface area contributed by atoms with Crippen LogP contribution in [0.5, 0.6) is 11.5 Å². The lowest BCUT2D eigenvalue weighted by atomic mass is 9.75. The maximum Gasteiger partial charge on any atom is 0.130 e. The highest BCUT2D eigenvalue weighted by Gasteiger charge is 2.31. The van der Waals surface area contributed by atoms with E-state index in [0.717, 1.165) is 23.5 Å². The molecule has 0 saturated heterocycles. The lowest BCUT2D eigenvalue weighted by Crippen LogP contribution is -2.32. The maximum atomic E-state index is 5.99. The van der Waals surface area contributed by atoms with Gasteiger partial charge in [0.1, 0.15) is 11.5 Å². The third-order valence-corrected chi connectivity index (χ3v) is 9.95. The van der Waals surface area contributed by atoms with E-state index < -0.39 is 0 Å². The van der Waals surface area contributed by atoms with Gasteiger partial charge in [-0.3, -0.25) is 0 Å². The summed E-state index contributed by atoms with van der Waals surface area (Å²) in [6.07, 6.45) is 7.88. The average molecular weight is 643 g/mol. The van der Waals surface area contributed by atoms with Gasteiger partial charge in [-0.1, -0.05) is 133 Å². The van der Waals surface area contributed by atoms with Gasteiger partial charge in [0, 0.05) is 11.6 Å². The molecule has 0 aliphatic heterocycles. The first-order valence-corrected chi connectivity index (χ1v) is 17.3. The molecule has 0 fully saturated rings. The molecule has 5 aromatic rings. The zero-order valence-electron chi connectivity index (χ0n) is 30.1. The minimum Gasteiger partial charge on any atom is -0.497 e. The summed E-state index contributed by atoms with van der Waals surface area (Å²) in [5.74, 6) is 1.60. The topological polar surface area (TPSA) is 18.5 Å². The fourth-order valence-electron chi connectivity index (χ4n) is 7.61. The molecule has 2 aliphatic carbocycles. The van der Waals surface area contributed by atoms with Gasteiger partial charge in [-0.15, -0.1) is 0 Å². The molecule has 0 heterocycles. The molecule has 0 spiro atoms. The molecule has 0 atom stereocenters. The fourth-order valence-corrected chi connectivity index (χ4v) is 7.61. The highest BCUT2D eigenvalue weighted by Crippen LogP contribution is 2.43. The van der Waals surface area contributed by atoms with Crippen molar-refractivity contribution >= 4 is 22.8 Å². The zero-order valence-corrected chi connectivity index (χ0v) is 30.1. The summed E-state index contributed by atoms with van der Waals surface area (Å²) in [7, 11) is 3.44. The summed E-state index contributed by atoms with van der Waals surface area (Å²) in [4.78, 5) is 0. The quantitative estimate of drug-likeness (QED) is 0.180. The van der Waals surface area contributed by atoms with Gasteiger partial charge >= 0.3 is 0 Å². The second-order valence-corrected chi connectivity index (χ2v) is 15.3. The first-order chi connectivity index (χ1) is 23.5. The maximum absolute atomic E-state index is 5.99. The van der Waals surface area contributed by atoms with E-state index in [1.54, 1.807) is 14.2 Å². The van der Waals surface area contributed by atoms with Crippen molar-refractivity contribution in [3.63, 3.8) is 0 Å². The van der Waals surface area contributed by atoms with Gasteiger partial charge < -0.3 is 9.47 Å². The lowest BCUT2D eigenvalue weighted by molar-refractivity contribution is 0.393. The number of ether oxygens (including phenoxy) is 2. The number of allylic oxidation sites excluding steroid dienone is 4. The molecule has 0 amide bonds. The number of rotatable bonds is 6. The van der Waals surface area contributed by atoms with Crippen molar-refractivity contribution in [1.29, 1.82) is 0 Å². The number of hydrogen-bond acceptors (Lipinski definition) is 2. The van der Waals surface area contributed by atoms with Gasteiger partial charge in [0.25, 0.3) is 0 Å². The van der Waals surface area contributed by atoms with Gasteiger partial charge in [0.05, 0.1) is 14.2 Å². The molecule has 0 bridgehead atoms. The Labute approximate surface area is 291 Å². The van der Waals surface area contributed by atoms with Gasteiger partial charge in [-0.2, -0.15) is 0 Å². The van der Waals surface area contributed by atoms with E-state index in [9.17, 15) is 0 Å². The third-order valence-electron chi connectivity index (χ3n) is 9.95. The molecule has 0 radical (unpaired) electrons. The molecule has 5 aromatic carbocycles. The van der Waals surface area contributed by atoms with Crippen LogP contribution < -0.4 is 19.9 Å². The van der Waals surface area contributed by atoms with Gasteiger partial charge in [0.15, 0.2) is 0 Å². The van der Waals surface area contributed by atoms with Crippen molar-refractivity contribution in [3.05, 3.63) is 165 Å². The van der Waals surface area contributed by atoms with E-state index in [0.29, 0.717) is 0 Å². The summed E-state index contributed by atoms with van der Waals surface area (Å²) in [5, 5.41) is 2.58. The van der Waals surface area contributed by atoms with Gasteiger partial charge in [0.2, 0.25) is 0 Å². The van der Waals surface area contributed by atoms with Gasteiger partial charge in [-0.25, -0.2) is 0 Å². The zero-order chi connectivity index (χ0) is 34.5. The Morgan fingerprint density at radius 1 is 0.633 bits per heavy atom. The Bertz CT molecular complexity index is 2210. The number of benzene rings is 5. The van der Waals surface area contributed by atoms with E-state index in [4.69, 9.17) is 9.47 Å². The molecular weight excluding hydrogens is 597 g/mol. The molecule has 0 unspecified atom stereocenters. The summed E-state index contributed by atoms with van der Waals surface area (Å²) in [5.41, 5.74) is 15.1. The van der Waals surface area contributed by atoms with Crippen LogP contribution >= 0.6 is 0 Å². The molecule has 2 nitrogen and oxygen atoms in total. The van der Waals surface area contributed by atoms with Crippen LogP contribution in [0.3, 0.4) is 0 Å². The molecule has 0 aromatic heterocycles. The Morgan fingerprint density at radius 3 is 1.88 bits per heavy atom. The summed E-state index contributed by atoms with van der Waals surface area (Å²) < 4.78 is 11.6. The average Bonchev–Trinajstić information content (AvgIpc) is 3.72. The largest absolute Gasteiger partial charge is 0.497 e. The Kier molecular flexibility index (Phi) is 8.23. The minimum absolute atomic E-state index is 0.0553. The van der Waals surface area contributed by atoms with E-state index in [-0.39, 0.29) is 10.8 Å². The third kappa shape index (κ3) is 5.84. The van der Waals surface area contributed by atoms with Crippen molar-refractivity contribution in [1.82, 2.24) is 0 Å². The van der Waals surface area contributed by atoms with Crippen LogP contribution in [0.2, 0.25) is 0 Å². The highest BCUT2D eigenvalue weighted by molar-refractivity contribution is 6.03. The van der Waals surface area contributed by atoms with E-state index in [1.807, 2.05) is 12.1 Å². The van der Waals surface area contributed by atoms with Crippen molar-refractivity contribution in [2.75, 3.05) is 14.2 Å².